The van der Waals surface area contributed by atoms with Gasteiger partial charge in [-0.25, -0.2) is 0 Å². The molecule has 0 unspecified atom stereocenters. The van der Waals surface area contributed by atoms with Gasteiger partial charge in [-0.05, 0) is 12.0 Å². The van der Waals surface area contributed by atoms with Gasteiger partial charge in [0.2, 0.25) is 5.91 Å². The molecule has 1 aromatic rings. The number of hydrogen-bond acceptors (Lipinski definition) is 2. The number of carbonyl (C=O) groups excluding carboxylic acids is 2. The van der Waals surface area contributed by atoms with Crippen molar-refractivity contribution in [2.45, 2.75) is 25.6 Å². The lowest BCUT2D eigenvalue weighted by Gasteiger charge is -2.18. The number of alkyl halides is 3. The Balaban J connectivity index is 2.19. The van der Waals surface area contributed by atoms with Crippen LogP contribution in [0.1, 0.15) is 18.4 Å². The van der Waals surface area contributed by atoms with Crippen molar-refractivity contribution in [1.82, 2.24) is 4.90 Å². The highest BCUT2D eigenvalue weighted by molar-refractivity contribution is 5.96. The van der Waals surface area contributed by atoms with Gasteiger partial charge in [-0.2, -0.15) is 13.2 Å². The third-order valence-electron chi connectivity index (χ3n) is 3.00. The van der Waals surface area contributed by atoms with Crippen LogP contribution in [-0.4, -0.2) is 22.8 Å². The van der Waals surface area contributed by atoms with Gasteiger partial charge >= 0.3 is 6.18 Å². The van der Waals surface area contributed by atoms with Crippen LogP contribution in [0, 0.1) is 0 Å². The first-order valence-electron chi connectivity index (χ1n) is 6.04. The van der Waals surface area contributed by atoms with E-state index in [1.807, 2.05) is 0 Å². The molecule has 1 aliphatic rings. The molecule has 0 saturated carbocycles. The van der Waals surface area contributed by atoms with Crippen molar-refractivity contribution in [3.05, 3.63) is 47.7 Å². The van der Waals surface area contributed by atoms with Gasteiger partial charge in [0.25, 0.3) is 5.78 Å². The number of amides is 1. The number of carbonyl (C=O) groups is 2. The number of ketones is 1. The summed E-state index contributed by atoms with van der Waals surface area (Å²) in [6.07, 6.45) is -4.10. The van der Waals surface area contributed by atoms with Crippen LogP contribution in [0.4, 0.5) is 13.2 Å². The van der Waals surface area contributed by atoms with Crippen molar-refractivity contribution in [1.29, 1.82) is 0 Å². The molecule has 0 radical (unpaired) electrons. The van der Waals surface area contributed by atoms with Crippen molar-refractivity contribution in [3.63, 3.8) is 0 Å². The van der Waals surface area contributed by atoms with E-state index in [0.29, 0.717) is 6.08 Å². The van der Waals surface area contributed by atoms with Crippen LogP contribution in [0.25, 0.3) is 0 Å². The monoisotopic (exact) mass is 283 g/mol. The summed E-state index contributed by atoms with van der Waals surface area (Å²) in [5.74, 6) is -2.20. The molecule has 6 heteroatoms. The van der Waals surface area contributed by atoms with Gasteiger partial charge in [0.1, 0.15) is 0 Å². The highest BCUT2D eigenvalue weighted by atomic mass is 19.4. The highest BCUT2D eigenvalue weighted by Crippen LogP contribution is 2.27. The van der Waals surface area contributed by atoms with Crippen molar-refractivity contribution in [2.75, 3.05) is 0 Å². The SMILES string of the molecule is O=C1CC/C(=C\C(=O)C(F)(F)F)N1Cc1ccccc1. The first-order valence-corrected chi connectivity index (χ1v) is 6.04. The molecule has 106 valence electrons. The second-order valence-corrected chi connectivity index (χ2v) is 4.46. The lowest BCUT2D eigenvalue weighted by Crippen LogP contribution is -2.26. The van der Waals surface area contributed by atoms with E-state index in [-0.39, 0.29) is 31.0 Å². The van der Waals surface area contributed by atoms with Gasteiger partial charge in [0.15, 0.2) is 0 Å². The molecule has 0 aromatic heterocycles. The Kier molecular flexibility index (Phi) is 3.92. The summed E-state index contributed by atoms with van der Waals surface area (Å²) in [6.45, 7) is 0.177. The third-order valence-corrected chi connectivity index (χ3v) is 3.00. The number of allylic oxidation sites excluding steroid dienone is 2. The fourth-order valence-electron chi connectivity index (χ4n) is 2.00. The molecule has 3 nitrogen and oxygen atoms in total. The van der Waals surface area contributed by atoms with Crippen LogP contribution in [-0.2, 0) is 16.1 Å². The molecular weight excluding hydrogens is 271 g/mol. The van der Waals surface area contributed by atoms with Crippen LogP contribution in [0.2, 0.25) is 0 Å². The molecule has 0 bridgehead atoms. The minimum Gasteiger partial charge on any atom is -0.312 e. The standard InChI is InChI=1S/C14H12F3NO2/c15-14(16,17)12(19)8-11-6-7-13(20)18(11)9-10-4-2-1-3-5-10/h1-5,8H,6-7,9H2/b11-8+. The molecule has 1 aromatic carbocycles. The first-order chi connectivity index (χ1) is 9.38. The number of nitrogens with zero attached hydrogens (tertiary/aromatic N) is 1. The molecule has 1 aliphatic heterocycles. The number of likely N-dealkylation sites (tertiary alicyclic amines) is 1. The van der Waals surface area contributed by atoms with Crippen molar-refractivity contribution in [3.8, 4) is 0 Å². The Labute approximate surface area is 113 Å². The maximum atomic E-state index is 12.3. The molecule has 1 heterocycles. The normalized spacial score (nSPS) is 17.9. The van der Waals surface area contributed by atoms with E-state index >= 15 is 0 Å². The average Bonchev–Trinajstić information content (AvgIpc) is 2.72. The smallest absolute Gasteiger partial charge is 0.312 e. The quantitative estimate of drug-likeness (QED) is 0.800. The number of rotatable bonds is 3. The maximum absolute atomic E-state index is 12.3. The Morgan fingerprint density at radius 1 is 1.20 bits per heavy atom. The molecule has 1 amide bonds. The maximum Gasteiger partial charge on any atom is 0.454 e. The molecule has 2 rings (SSSR count). The largest absolute Gasteiger partial charge is 0.454 e. The van der Waals surface area contributed by atoms with E-state index in [2.05, 4.69) is 0 Å². The lowest BCUT2D eigenvalue weighted by molar-refractivity contribution is -0.165. The third kappa shape index (κ3) is 3.26. The fraction of sp³-hybridized carbons (Fsp3) is 0.286. The summed E-state index contributed by atoms with van der Waals surface area (Å²) in [5.41, 5.74) is 0.925. The van der Waals surface area contributed by atoms with Crippen molar-refractivity contribution < 1.29 is 22.8 Å². The van der Waals surface area contributed by atoms with Crippen LogP contribution < -0.4 is 0 Å². The topological polar surface area (TPSA) is 37.4 Å². The fourth-order valence-corrected chi connectivity index (χ4v) is 2.00. The molecule has 0 atom stereocenters. The second kappa shape index (κ2) is 5.48. The summed E-state index contributed by atoms with van der Waals surface area (Å²) in [7, 11) is 0. The Morgan fingerprint density at radius 3 is 2.45 bits per heavy atom. The minimum absolute atomic E-state index is 0.126. The summed E-state index contributed by atoms with van der Waals surface area (Å²) in [6, 6.07) is 8.91. The number of benzene rings is 1. The summed E-state index contributed by atoms with van der Waals surface area (Å²) < 4.78 is 36.8. The van der Waals surface area contributed by atoms with Crippen LogP contribution >= 0.6 is 0 Å². The molecule has 0 spiro atoms. The summed E-state index contributed by atoms with van der Waals surface area (Å²) in [4.78, 5) is 23.9. The van der Waals surface area contributed by atoms with Crippen LogP contribution in [0.15, 0.2) is 42.1 Å². The Bertz CT molecular complexity index is 549. The molecule has 1 fully saturated rings. The number of hydrogen-bond donors (Lipinski definition) is 0. The Morgan fingerprint density at radius 2 is 1.85 bits per heavy atom. The highest BCUT2D eigenvalue weighted by Gasteiger charge is 2.38. The van der Waals surface area contributed by atoms with Crippen molar-refractivity contribution in [2.24, 2.45) is 0 Å². The summed E-state index contributed by atoms with van der Waals surface area (Å²) >= 11 is 0. The predicted molar refractivity (Wildman–Crippen MR) is 65.4 cm³/mol. The predicted octanol–water partition coefficient (Wildman–Crippen LogP) is 2.82. The zero-order valence-corrected chi connectivity index (χ0v) is 10.5. The second-order valence-electron chi connectivity index (χ2n) is 4.46. The van der Waals surface area contributed by atoms with E-state index in [9.17, 15) is 22.8 Å². The van der Waals surface area contributed by atoms with Gasteiger partial charge < -0.3 is 4.90 Å². The van der Waals surface area contributed by atoms with E-state index in [4.69, 9.17) is 0 Å². The van der Waals surface area contributed by atoms with Crippen LogP contribution in [0.3, 0.4) is 0 Å². The zero-order valence-electron chi connectivity index (χ0n) is 10.5. The summed E-state index contributed by atoms with van der Waals surface area (Å²) in [5, 5.41) is 0. The van der Waals surface area contributed by atoms with E-state index in [0.717, 1.165) is 5.56 Å². The average molecular weight is 283 g/mol. The first kappa shape index (κ1) is 14.3. The van der Waals surface area contributed by atoms with Gasteiger partial charge in [0, 0.05) is 18.2 Å². The van der Waals surface area contributed by atoms with E-state index in [1.165, 1.54) is 4.90 Å². The molecule has 0 N–H and O–H groups in total. The van der Waals surface area contributed by atoms with Crippen LogP contribution in [0.5, 0.6) is 0 Å². The number of halogens is 3. The lowest BCUT2D eigenvalue weighted by atomic mass is 10.2. The van der Waals surface area contributed by atoms with E-state index in [1.54, 1.807) is 30.3 Å². The van der Waals surface area contributed by atoms with Gasteiger partial charge in [-0.1, -0.05) is 30.3 Å². The Hall–Kier alpha value is -2.11. The van der Waals surface area contributed by atoms with Crippen molar-refractivity contribution >= 4 is 11.7 Å². The zero-order chi connectivity index (χ0) is 14.8. The van der Waals surface area contributed by atoms with Gasteiger partial charge in [-0.3, -0.25) is 9.59 Å². The molecular formula is C14H12F3NO2. The molecule has 0 aliphatic carbocycles. The molecule has 1 saturated heterocycles. The van der Waals surface area contributed by atoms with Gasteiger partial charge in [0.05, 0.1) is 6.54 Å². The van der Waals surface area contributed by atoms with Gasteiger partial charge in [-0.15, -0.1) is 0 Å². The molecule has 20 heavy (non-hydrogen) atoms. The van der Waals surface area contributed by atoms with E-state index < -0.39 is 12.0 Å². The minimum atomic E-state index is -4.91.